The largest absolute Gasteiger partial charge is 0.480 e. The van der Waals surface area contributed by atoms with E-state index in [-0.39, 0.29) is 0 Å². The predicted molar refractivity (Wildman–Crippen MR) is 67.2 cm³/mol. The van der Waals surface area contributed by atoms with Crippen molar-refractivity contribution in [1.82, 2.24) is 10.3 Å². The first-order valence-electron chi connectivity index (χ1n) is 5.59. The number of carboxylic acids is 1. The minimum atomic E-state index is -0.822. The lowest BCUT2D eigenvalue weighted by atomic mass is 10.0. The van der Waals surface area contributed by atoms with E-state index in [0.717, 1.165) is 22.2 Å². The molecule has 0 saturated heterocycles. The fraction of sp³-hybridized carbons (Fsp3) is 0.308. The van der Waals surface area contributed by atoms with E-state index in [2.05, 4.69) is 10.3 Å². The zero-order valence-electron chi connectivity index (χ0n) is 9.95. The number of para-hydroxylation sites is 1. The number of hydrogen-bond donors (Lipinski definition) is 3. The summed E-state index contributed by atoms with van der Waals surface area (Å²) in [6.45, 7) is 1.98. The number of aryl methyl sites for hydroxylation is 1. The highest BCUT2D eigenvalue weighted by Crippen LogP contribution is 2.23. The van der Waals surface area contributed by atoms with Crippen LogP contribution in [0.5, 0.6) is 0 Å². The predicted octanol–water partition coefficient (Wildman–Crippen LogP) is 1.69. The van der Waals surface area contributed by atoms with Gasteiger partial charge < -0.3 is 15.4 Å². The number of nitrogens with one attached hydrogen (secondary N) is 2. The van der Waals surface area contributed by atoms with Crippen molar-refractivity contribution in [2.24, 2.45) is 0 Å². The Balaban J connectivity index is 2.41. The second-order valence-electron chi connectivity index (χ2n) is 4.16. The van der Waals surface area contributed by atoms with Gasteiger partial charge in [0.25, 0.3) is 0 Å². The molecule has 4 nitrogen and oxygen atoms in total. The van der Waals surface area contributed by atoms with Gasteiger partial charge in [-0.15, -0.1) is 0 Å². The van der Waals surface area contributed by atoms with Gasteiger partial charge in [0.2, 0.25) is 0 Å². The Kier molecular flexibility index (Phi) is 3.15. The molecule has 3 N–H and O–H groups in total. The van der Waals surface area contributed by atoms with Crippen LogP contribution in [0.25, 0.3) is 10.9 Å². The van der Waals surface area contributed by atoms with Crippen molar-refractivity contribution in [3.8, 4) is 0 Å². The topological polar surface area (TPSA) is 65.1 Å². The Morgan fingerprint density at radius 3 is 2.82 bits per heavy atom. The molecule has 1 unspecified atom stereocenters. The maximum absolute atomic E-state index is 11.0. The summed E-state index contributed by atoms with van der Waals surface area (Å²) in [6, 6.07) is 7.40. The maximum atomic E-state index is 11.0. The molecule has 1 heterocycles. The summed E-state index contributed by atoms with van der Waals surface area (Å²) < 4.78 is 0. The molecule has 0 amide bonds. The van der Waals surface area contributed by atoms with Crippen LogP contribution in [0, 0.1) is 6.92 Å². The monoisotopic (exact) mass is 232 g/mol. The highest BCUT2D eigenvalue weighted by atomic mass is 16.4. The summed E-state index contributed by atoms with van der Waals surface area (Å²) in [5.74, 6) is -0.822. The molecule has 0 fully saturated rings. The van der Waals surface area contributed by atoms with Crippen molar-refractivity contribution < 1.29 is 9.90 Å². The SMILES string of the molecule is CNC(Cc1c(C)[nH]c2ccccc12)C(=O)O. The summed E-state index contributed by atoms with van der Waals surface area (Å²) in [7, 11) is 1.67. The van der Waals surface area contributed by atoms with Crippen LogP contribution in [0.3, 0.4) is 0 Å². The van der Waals surface area contributed by atoms with Gasteiger partial charge in [0, 0.05) is 23.0 Å². The van der Waals surface area contributed by atoms with E-state index < -0.39 is 12.0 Å². The summed E-state index contributed by atoms with van der Waals surface area (Å²) >= 11 is 0. The molecule has 0 saturated carbocycles. The van der Waals surface area contributed by atoms with Gasteiger partial charge in [-0.25, -0.2) is 0 Å². The number of carbonyl (C=O) groups is 1. The second-order valence-corrected chi connectivity index (χ2v) is 4.16. The van der Waals surface area contributed by atoms with E-state index in [9.17, 15) is 4.79 Å². The van der Waals surface area contributed by atoms with Crippen LogP contribution in [-0.4, -0.2) is 29.1 Å². The number of aromatic amines is 1. The van der Waals surface area contributed by atoms with Crippen LogP contribution >= 0.6 is 0 Å². The fourth-order valence-corrected chi connectivity index (χ4v) is 2.11. The lowest BCUT2D eigenvalue weighted by molar-refractivity contribution is -0.139. The van der Waals surface area contributed by atoms with Crippen LogP contribution < -0.4 is 5.32 Å². The minimum absolute atomic E-state index is 0.488. The molecule has 0 bridgehead atoms. The third kappa shape index (κ3) is 2.17. The van der Waals surface area contributed by atoms with E-state index in [1.54, 1.807) is 7.05 Å². The average Bonchev–Trinajstić information content (AvgIpc) is 2.61. The molecule has 0 aliphatic heterocycles. The molecule has 2 aromatic rings. The van der Waals surface area contributed by atoms with Crippen molar-refractivity contribution >= 4 is 16.9 Å². The standard InChI is InChI=1S/C13H16N2O2/c1-8-10(7-12(14-2)13(16)17)9-5-3-4-6-11(9)15-8/h3-6,12,14-15H,7H2,1-2H3,(H,16,17). The maximum Gasteiger partial charge on any atom is 0.321 e. The number of H-pyrrole nitrogens is 1. The molecule has 0 spiro atoms. The summed E-state index contributed by atoms with van der Waals surface area (Å²) in [5, 5.41) is 13.0. The number of fused-ring (bicyclic) bond motifs is 1. The first-order chi connectivity index (χ1) is 8.13. The van der Waals surface area contributed by atoms with Gasteiger partial charge in [-0.2, -0.15) is 0 Å². The fourth-order valence-electron chi connectivity index (χ4n) is 2.11. The molecular weight excluding hydrogens is 216 g/mol. The van der Waals surface area contributed by atoms with Gasteiger partial charge in [0.05, 0.1) is 0 Å². The van der Waals surface area contributed by atoms with Gasteiger partial charge >= 0.3 is 5.97 Å². The molecule has 2 rings (SSSR count). The Hall–Kier alpha value is -1.81. The van der Waals surface area contributed by atoms with Gasteiger partial charge in [-0.05, 0) is 25.6 Å². The summed E-state index contributed by atoms with van der Waals surface area (Å²) in [5.41, 5.74) is 3.16. The summed E-state index contributed by atoms with van der Waals surface area (Å²) in [4.78, 5) is 14.3. The third-order valence-electron chi connectivity index (χ3n) is 3.08. The molecular formula is C13H16N2O2. The Morgan fingerprint density at radius 2 is 2.18 bits per heavy atom. The van der Waals surface area contributed by atoms with E-state index in [0.29, 0.717) is 6.42 Å². The van der Waals surface area contributed by atoms with Crippen LogP contribution in [0.15, 0.2) is 24.3 Å². The molecule has 4 heteroatoms. The average molecular weight is 232 g/mol. The van der Waals surface area contributed by atoms with Gasteiger partial charge in [0.15, 0.2) is 0 Å². The van der Waals surface area contributed by atoms with E-state index in [4.69, 9.17) is 5.11 Å². The number of hydrogen-bond acceptors (Lipinski definition) is 2. The van der Waals surface area contributed by atoms with Crippen LogP contribution in [-0.2, 0) is 11.2 Å². The lowest BCUT2D eigenvalue weighted by Gasteiger charge is -2.11. The lowest BCUT2D eigenvalue weighted by Crippen LogP contribution is -2.35. The van der Waals surface area contributed by atoms with Gasteiger partial charge in [-0.3, -0.25) is 4.79 Å². The highest BCUT2D eigenvalue weighted by Gasteiger charge is 2.18. The molecule has 0 aliphatic carbocycles. The molecule has 1 aromatic heterocycles. The quantitative estimate of drug-likeness (QED) is 0.751. The zero-order valence-corrected chi connectivity index (χ0v) is 9.95. The number of likely N-dealkylation sites (N-methyl/N-ethyl adjacent to an activating group) is 1. The van der Waals surface area contributed by atoms with Crippen LogP contribution in [0.4, 0.5) is 0 Å². The van der Waals surface area contributed by atoms with Crippen LogP contribution in [0.1, 0.15) is 11.3 Å². The summed E-state index contributed by atoms with van der Waals surface area (Å²) in [6.07, 6.45) is 0.488. The zero-order chi connectivity index (χ0) is 12.4. The van der Waals surface area contributed by atoms with Gasteiger partial charge in [-0.1, -0.05) is 18.2 Å². The molecule has 0 radical (unpaired) electrons. The van der Waals surface area contributed by atoms with E-state index in [1.807, 2.05) is 31.2 Å². The number of aromatic nitrogens is 1. The smallest absolute Gasteiger partial charge is 0.321 e. The Labute approximate surface area is 99.7 Å². The van der Waals surface area contributed by atoms with E-state index >= 15 is 0 Å². The first kappa shape index (κ1) is 11.7. The number of aliphatic carboxylic acids is 1. The highest BCUT2D eigenvalue weighted by molar-refractivity contribution is 5.85. The van der Waals surface area contributed by atoms with Crippen molar-refractivity contribution in [3.05, 3.63) is 35.5 Å². The molecule has 90 valence electrons. The van der Waals surface area contributed by atoms with Crippen molar-refractivity contribution in [3.63, 3.8) is 0 Å². The Morgan fingerprint density at radius 1 is 1.47 bits per heavy atom. The molecule has 17 heavy (non-hydrogen) atoms. The third-order valence-corrected chi connectivity index (χ3v) is 3.08. The van der Waals surface area contributed by atoms with Crippen LogP contribution in [0.2, 0.25) is 0 Å². The van der Waals surface area contributed by atoms with Crippen molar-refractivity contribution in [2.75, 3.05) is 7.05 Å². The second kappa shape index (κ2) is 4.59. The minimum Gasteiger partial charge on any atom is -0.480 e. The number of rotatable bonds is 4. The molecule has 1 aromatic carbocycles. The normalized spacial score (nSPS) is 12.8. The first-order valence-corrected chi connectivity index (χ1v) is 5.59. The van der Waals surface area contributed by atoms with Crippen molar-refractivity contribution in [2.45, 2.75) is 19.4 Å². The Bertz CT molecular complexity index is 545. The van der Waals surface area contributed by atoms with E-state index in [1.165, 1.54) is 0 Å². The number of benzene rings is 1. The molecule has 0 aliphatic rings. The number of carboxylic acid groups (broad SMARTS) is 1. The van der Waals surface area contributed by atoms with Gasteiger partial charge in [0.1, 0.15) is 6.04 Å². The molecule has 1 atom stereocenters. The van der Waals surface area contributed by atoms with Crippen molar-refractivity contribution in [1.29, 1.82) is 0 Å².